The molecule has 2 aliphatic carbocycles. The first kappa shape index (κ1) is 35.7. The summed E-state index contributed by atoms with van der Waals surface area (Å²) in [6.07, 6.45) is 17.4. The summed E-state index contributed by atoms with van der Waals surface area (Å²) in [7, 11) is 2.24. The van der Waals surface area contributed by atoms with Gasteiger partial charge in [0.05, 0.1) is 31.3 Å². The summed E-state index contributed by atoms with van der Waals surface area (Å²) >= 11 is 9.13. The number of hydrogen-bond acceptors (Lipinski definition) is 8. The normalized spacial score (nSPS) is 36.8. The summed E-state index contributed by atoms with van der Waals surface area (Å²) in [6, 6.07) is 12.2. The second kappa shape index (κ2) is 15.9. The van der Waals surface area contributed by atoms with Gasteiger partial charge in [0.2, 0.25) is 5.91 Å². The molecule has 7 unspecified atom stereocenters. The SMILES string of the molecule is C=CC(=O)N1CCN(C2C3CC[C@@]4(Cc5ccccc5C(Cl)S4)CC3NC(OCC3CCCN3C)N2C2CCCCCCC2)CC1CC#N. The molecule has 1 spiro atoms. The topological polar surface area (TPSA) is 75.1 Å². The van der Waals surface area contributed by atoms with Crippen molar-refractivity contribution < 1.29 is 9.53 Å². The van der Waals surface area contributed by atoms with Crippen molar-refractivity contribution in [2.45, 2.75) is 136 Å². The molecule has 1 aromatic carbocycles. The highest BCUT2D eigenvalue weighted by molar-refractivity contribution is 8.02. The van der Waals surface area contributed by atoms with Crippen LogP contribution in [0.5, 0.6) is 0 Å². The van der Waals surface area contributed by atoms with Crippen LogP contribution in [0.3, 0.4) is 0 Å². The monoisotopic (exact) mass is 708 g/mol. The Labute approximate surface area is 303 Å². The molecule has 6 aliphatic rings. The van der Waals surface area contributed by atoms with Gasteiger partial charge in [0.1, 0.15) is 4.71 Å². The number of nitrogens with zero attached hydrogens (tertiary/aromatic N) is 5. The molecular formula is C39H57ClN6O2S. The Morgan fingerprint density at radius 1 is 1.10 bits per heavy atom. The van der Waals surface area contributed by atoms with Crippen molar-refractivity contribution in [1.29, 1.82) is 5.26 Å². The Hall–Kier alpha value is -1.64. The van der Waals surface area contributed by atoms with E-state index in [1.807, 2.05) is 16.7 Å². The van der Waals surface area contributed by atoms with E-state index in [2.05, 4.69) is 64.0 Å². The zero-order chi connectivity index (χ0) is 34.0. The quantitative estimate of drug-likeness (QED) is 0.255. The van der Waals surface area contributed by atoms with E-state index in [-0.39, 0.29) is 33.9 Å². The fraction of sp³-hybridized carbons (Fsp3) is 0.744. The van der Waals surface area contributed by atoms with Gasteiger partial charge in [-0.05, 0) is 82.2 Å². The van der Waals surface area contributed by atoms with Crippen molar-refractivity contribution in [1.82, 2.24) is 24.9 Å². The van der Waals surface area contributed by atoms with Gasteiger partial charge in [-0.15, -0.1) is 23.4 Å². The summed E-state index contributed by atoms with van der Waals surface area (Å²) in [6.45, 7) is 7.78. The van der Waals surface area contributed by atoms with Gasteiger partial charge >= 0.3 is 0 Å². The molecule has 0 radical (unpaired) electrons. The summed E-state index contributed by atoms with van der Waals surface area (Å²) < 4.78 is 7.20. The number of nitriles is 1. The Balaban J connectivity index is 1.22. The van der Waals surface area contributed by atoms with E-state index in [4.69, 9.17) is 16.3 Å². The molecule has 268 valence electrons. The van der Waals surface area contributed by atoms with Gasteiger partial charge in [-0.1, -0.05) is 62.9 Å². The van der Waals surface area contributed by atoms with Crippen LogP contribution in [0.1, 0.15) is 99.3 Å². The fourth-order valence-electron chi connectivity index (χ4n) is 10.2. The molecule has 3 saturated heterocycles. The van der Waals surface area contributed by atoms with Crippen LogP contribution in [0.2, 0.25) is 0 Å². The van der Waals surface area contributed by atoms with Crippen LogP contribution in [0.15, 0.2) is 36.9 Å². The third kappa shape index (κ3) is 7.63. The number of thioether (sulfide) groups is 1. The second-order valence-electron chi connectivity index (χ2n) is 15.7. The lowest BCUT2D eigenvalue weighted by molar-refractivity contribution is -0.214. The van der Waals surface area contributed by atoms with E-state index in [0.717, 1.165) is 45.4 Å². The van der Waals surface area contributed by atoms with Gasteiger partial charge < -0.3 is 14.5 Å². The molecule has 0 aromatic heterocycles. The van der Waals surface area contributed by atoms with Crippen molar-refractivity contribution in [2.75, 3.05) is 39.8 Å². The first-order chi connectivity index (χ1) is 23.9. The molecule has 2 saturated carbocycles. The van der Waals surface area contributed by atoms with Crippen LogP contribution in [0.4, 0.5) is 0 Å². The molecule has 1 N–H and O–H groups in total. The lowest BCUT2D eigenvalue weighted by Gasteiger charge is -2.61. The van der Waals surface area contributed by atoms with Crippen LogP contribution in [-0.2, 0) is 16.0 Å². The summed E-state index contributed by atoms with van der Waals surface area (Å²) in [5, 5.41) is 14.1. The minimum atomic E-state index is -0.172. The molecule has 49 heavy (non-hydrogen) atoms. The number of nitrogens with one attached hydrogen (secondary N) is 1. The average Bonchev–Trinajstić information content (AvgIpc) is 3.50. The minimum absolute atomic E-state index is 0.0283. The van der Waals surface area contributed by atoms with Crippen LogP contribution in [-0.4, -0.2) is 107 Å². The van der Waals surface area contributed by atoms with Crippen molar-refractivity contribution in [3.8, 4) is 6.07 Å². The van der Waals surface area contributed by atoms with Gasteiger partial charge in [-0.3, -0.25) is 15.0 Å². The van der Waals surface area contributed by atoms with Gasteiger partial charge in [0, 0.05) is 48.4 Å². The number of rotatable bonds is 7. The average molecular weight is 709 g/mol. The first-order valence-electron chi connectivity index (χ1n) is 19.2. The number of hydrogen-bond donors (Lipinski definition) is 1. The highest BCUT2D eigenvalue weighted by atomic mass is 35.5. The maximum Gasteiger partial charge on any atom is 0.246 e. The summed E-state index contributed by atoms with van der Waals surface area (Å²) in [4.78, 5) is 22.7. The molecule has 4 aliphatic heterocycles. The van der Waals surface area contributed by atoms with Gasteiger partial charge in [0.15, 0.2) is 6.35 Å². The molecule has 1 amide bonds. The maximum atomic E-state index is 12.9. The number of carbonyl (C=O) groups excluding carboxylic acids is 1. The Kier molecular flexibility index (Phi) is 11.6. The van der Waals surface area contributed by atoms with Crippen LogP contribution < -0.4 is 5.32 Å². The molecule has 0 bridgehead atoms. The van der Waals surface area contributed by atoms with E-state index < -0.39 is 0 Å². The smallest absolute Gasteiger partial charge is 0.246 e. The van der Waals surface area contributed by atoms with Gasteiger partial charge in [-0.2, -0.15) is 5.26 Å². The highest BCUT2D eigenvalue weighted by Gasteiger charge is 2.55. The number of likely N-dealkylation sites (tertiary alicyclic amines) is 1. The number of alkyl halides is 1. The largest absolute Gasteiger partial charge is 0.348 e. The Morgan fingerprint density at radius 3 is 2.65 bits per heavy atom. The standard InChI is InChI=1S/C39H57ClN6O2S/c1-3-35(47)45-23-22-44(26-30(45)18-20-41)37-33-17-19-39(24-28-12-9-10-16-32(28)36(40)49-39)25-34(33)42-38(48-27-31-15-11-21-43(31)2)46(37)29-13-7-5-4-6-8-14-29/h3,9-10,12,16,29-31,33-34,36-38,42H,1,4-8,11,13-15,17-19,21-27H2,2H3/t30?,31?,33?,34?,36?,37?,38?,39-/m1/s1. The molecular weight excluding hydrogens is 652 g/mol. The zero-order valence-electron chi connectivity index (χ0n) is 29.5. The molecule has 4 heterocycles. The summed E-state index contributed by atoms with van der Waals surface area (Å²) in [5.74, 6) is 0.354. The number of ether oxygens (including phenoxy) is 1. The Bertz CT molecular complexity index is 1350. The maximum absolute atomic E-state index is 12.9. The van der Waals surface area contributed by atoms with Gasteiger partial charge in [0.25, 0.3) is 0 Å². The number of fused-ring (bicyclic) bond motifs is 2. The first-order valence-corrected chi connectivity index (χ1v) is 20.5. The molecule has 8 atom stereocenters. The molecule has 10 heteroatoms. The van der Waals surface area contributed by atoms with E-state index in [0.29, 0.717) is 43.6 Å². The number of benzene rings is 1. The van der Waals surface area contributed by atoms with Crippen molar-refractivity contribution in [3.05, 3.63) is 48.0 Å². The molecule has 1 aromatic rings. The van der Waals surface area contributed by atoms with Crippen LogP contribution >= 0.6 is 23.4 Å². The van der Waals surface area contributed by atoms with Crippen LogP contribution in [0.25, 0.3) is 0 Å². The number of piperazine rings is 1. The molecule has 7 rings (SSSR count). The molecule has 5 fully saturated rings. The zero-order valence-corrected chi connectivity index (χ0v) is 31.1. The van der Waals surface area contributed by atoms with Crippen molar-refractivity contribution >= 4 is 29.3 Å². The molecule has 8 nitrogen and oxygen atoms in total. The number of likely N-dealkylation sites (N-methyl/N-ethyl adjacent to an activating group) is 1. The third-order valence-electron chi connectivity index (χ3n) is 12.8. The lowest BCUT2D eigenvalue weighted by atomic mass is 9.71. The van der Waals surface area contributed by atoms with E-state index in [1.165, 1.54) is 75.0 Å². The minimum Gasteiger partial charge on any atom is -0.348 e. The van der Waals surface area contributed by atoms with Crippen molar-refractivity contribution in [3.63, 3.8) is 0 Å². The van der Waals surface area contributed by atoms with E-state index in [1.54, 1.807) is 0 Å². The number of halogens is 1. The fourth-order valence-corrected chi connectivity index (χ4v) is 12.6. The highest BCUT2D eigenvalue weighted by Crippen LogP contribution is 2.57. The predicted molar refractivity (Wildman–Crippen MR) is 198 cm³/mol. The van der Waals surface area contributed by atoms with E-state index >= 15 is 0 Å². The van der Waals surface area contributed by atoms with E-state index in [9.17, 15) is 10.1 Å². The summed E-state index contributed by atoms with van der Waals surface area (Å²) in [5.41, 5.74) is 2.69. The van der Waals surface area contributed by atoms with Crippen LogP contribution in [0, 0.1) is 17.2 Å². The third-order valence-corrected chi connectivity index (χ3v) is 14.8. The van der Waals surface area contributed by atoms with Crippen molar-refractivity contribution in [2.24, 2.45) is 5.92 Å². The second-order valence-corrected chi connectivity index (χ2v) is 18.0. The predicted octanol–water partition coefficient (Wildman–Crippen LogP) is 6.47. The Morgan fingerprint density at radius 2 is 1.90 bits per heavy atom. The van der Waals surface area contributed by atoms with Gasteiger partial charge in [-0.25, -0.2) is 4.90 Å². The number of amides is 1. The number of carbonyl (C=O) groups is 1. The lowest BCUT2D eigenvalue weighted by Crippen LogP contribution is -2.75.